The van der Waals surface area contributed by atoms with Crippen molar-refractivity contribution in [2.45, 2.75) is 18.9 Å². The SMILES string of the molecule is COC(=O)C[C@H](NC(=O)CCSCC(N)=O)c1cccs1. The molecule has 6 nitrogen and oxygen atoms in total. The summed E-state index contributed by atoms with van der Waals surface area (Å²) in [5.41, 5.74) is 5.01. The Morgan fingerprint density at radius 2 is 2.24 bits per heavy atom. The zero-order valence-electron chi connectivity index (χ0n) is 11.7. The topological polar surface area (TPSA) is 98.5 Å². The van der Waals surface area contributed by atoms with Crippen molar-refractivity contribution in [2.24, 2.45) is 5.73 Å². The van der Waals surface area contributed by atoms with Gasteiger partial charge >= 0.3 is 5.97 Å². The fraction of sp³-hybridized carbons (Fsp3) is 0.462. The summed E-state index contributed by atoms with van der Waals surface area (Å²) < 4.78 is 4.64. The summed E-state index contributed by atoms with van der Waals surface area (Å²) in [7, 11) is 1.32. The van der Waals surface area contributed by atoms with E-state index in [1.807, 2.05) is 17.5 Å². The maximum Gasteiger partial charge on any atom is 0.307 e. The van der Waals surface area contributed by atoms with Gasteiger partial charge < -0.3 is 15.8 Å². The number of hydrogen-bond donors (Lipinski definition) is 2. The number of amides is 2. The van der Waals surface area contributed by atoms with Crippen molar-refractivity contribution in [3.63, 3.8) is 0 Å². The fourth-order valence-corrected chi connectivity index (χ4v) is 3.02. The minimum Gasteiger partial charge on any atom is -0.469 e. The number of nitrogens with one attached hydrogen (secondary N) is 1. The molecule has 21 heavy (non-hydrogen) atoms. The van der Waals surface area contributed by atoms with Gasteiger partial charge in [-0.15, -0.1) is 11.3 Å². The minimum atomic E-state index is -0.400. The van der Waals surface area contributed by atoms with Crippen molar-refractivity contribution in [1.82, 2.24) is 5.32 Å². The van der Waals surface area contributed by atoms with Crippen molar-refractivity contribution >= 4 is 40.9 Å². The van der Waals surface area contributed by atoms with Crippen LogP contribution < -0.4 is 11.1 Å². The van der Waals surface area contributed by atoms with Gasteiger partial charge in [0.05, 0.1) is 25.3 Å². The third-order valence-corrected chi connectivity index (χ3v) is 4.51. The Bertz CT molecular complexity index is 477. The summed E-state index contributed by atoms with van der Waals surface area (Å²) in [5, 5.41) is 4.70. The molecule has 0 saturated heterocycles. The highest BCUT2D eigenvalue weighted by atomic mass is 32.2. The van der Waals surface area contributed by atoms with E-state index in [2.05, 4.69) is 10.1 Å². The molecule has 1 rings (SSSR count). The summed E-state index contributed by atoms with van der Waals surface area (Å²) in [6.07, 6.45) is 0.359. The molecule has 1 atom stereocenters. The molecule has 0 aliphatic heterocycles. The van der Waals surface area contributed by atoms with Crippen LogP contribution in [0.15, 0.2) is 17.5 Å². The summed E-state index contributed by atoms with van der Waals surface area (Å²) in [5.74, 6) is -0.248. The van der Waals surface area contributed by atoms with Crippen LogP contribution in [-0.4, -0.2) is 36.4 Å². The van der Waals surface area contributed by atoms with Gasteiger partial charge in [-0.3, -0.25) is 14.4 Å². The Balaban J connectivity index is 2.46. The van der Waals surface area contributed by atoms with Gasteiger partial charge in [0.15, 0.2) is 0 Å². The quantitative estimate of drug-likeness (QED) is 0.521. The van der Waals surface area contributed by atoms with E-state index in [4.69, 9.17) is 5.73 Å². The first kappa shape index (κ1) is 17.5. The van der Waals surface area contributed by atoms with Gasteiger partial charge in [0.1, 0.15) is 0 Å². The van der Waals surface area contributed by atoms with E-state index in [9.17, 15) is 14.4 Å². The second-order valence-corrected chi connectivity index (χ2v) is 6.27. The maximum atomic E-state index is 11.9. The first-order valence-corrected chi connectivity index (χ1v) is 8.32. The molecular formula is C13H18N2O4S2. The Morgan fingerprint density at radius 1 is 1.48 bits per heavy atom. The Hall–Kier alpha value is -1.54. The van der Waals surface area contributed by atoms with Crippen LogP contribution in [0.5, 0.6) is 0 Å². The molecule has 0 saturated carbocycles. The standard InChI is InChI=1S/C13H18N2O4S2/c1-19-13(18)7-9(10-3-2-5-21-10)15-12(17)4-6-20-8-11(14)16/h2-3,5,9H,4,6-8H2,1H3,(H2,14,16)(H,15,17)/t9-/m0/s1. The summed E-state index contributed by atoms with van der Waals surface area (Å²) in [4.78, 5) is 34.8. The number of nitrogens with two attached hydrogens (primary N) is 1. The Morgan fingerprint density at radius 3 is 2.81 bits per heavy atom. The predicted octanol–water partition coefficient (Wildman–Crippen LogP) is 1.08. The summed E-state index contributed by atoms with van der Waals surface area (Å²) >= 11 is 2.78. The number of thiophene rings is 1. The van der Waals surface area contributed by atoms with Crippen molar-refractivity contribution in [3.05, 3.63) is 22.4 Å². The molecule has 0 bridgehead atoms. The fourth-order valence-electron chi connectivity index (χ4n) is 1.57. The molecule has 2 amide bonds. The van der Waals surface area contributed by atoms with Crippen LogP contribution in [0.4, 0.5) is 0 Å². The van der Waals surface area contributed by atoms with E-state index < -0.39 is 5.91 Å². The van der Waals surface area contributed by atoms with Crippen LogP contribution >= 0.6 is 23.1 Å². The van der Waals surface area contributed by atoms with Crippen LogP contribution in [0.25, 0.3) is 0 Å². The first-order valence-electron chi connectivity index (χ1n) is 6.28. The molecule has 0 fully saturated rings. The van der Waals surface area contributed by atoms with Gasteiger partial charge in [-0.25, -0.2) is 0 Å². The highest BCUT2D eigenvalue weighted by Gasteiger charge is 2.19. The van der Waals surface area contributed by atoms with E-state index in [0.717, 1.165) is 4.88 Å². The molecule has 3 N–H and O–H groups in total. The van der Waals surface area contributed by atoms with Crippen LogP contribution in [0.1, 0.15) is 23.8 Å². The monoisotopic (exact) mass is 330 g/mol. The second kappa shape index (κ2) is 9.41. The Labute approximate surface area is 131 Å². The molecule has 0 aliphatic rings. The number of carbonyl (C=O) groups is 3. The van der Waals surface area contributed by atoms with Gasteiger partial charge in [0, 0.05) is 17.1 Å². The molecule has 0 spiro atoms. The molecule has 1 aromatic heterocycles. The number of methoxy groups -OCH3 is 1. The molecule has 1 aromatic rings. The minimum absolute atomic E-state index is 0.0944. The van der Waals surface area contributed by atoms with E-state index in [0.29, 0.717) is 5.75 Å². The van der Waals surface area contributed by atoms with Crippen LogP contribution in [0, 0.1) is 0 Å². The van der Waals surface area contributed by atoms with Crippen LogP contribution in [0.2, 0.25) is 0 Å². The van der Waals surface area contributed by atoms with Gasteiger partial charge in [0.25, 0.3) is 0 Å². The molecule has 0 aromatic carbocycles. The first-order chi connectivity index (χ1) is 10.0. The van der Waals surface area contributed by atoms with Gasteiger partial charge in [0.2, 0.25) is 11.8 Å². The molecule has 0 aliphatic carbocycles. The summed E-state index contributed by atoms with van der Waals surface area (Å²) in [6.45, 7) is 0. The average Bonchev–Trinajstić information content (AvgIpc) is 2.96. The smallest absolute Gasteiger partial charge is 0.307 e. The lowest BCUT2D eigenvalue weighted by Gasteiger charge is -2.16. The molecule has 8 heteroatoms. The van der Waals surface area contributed by atoms with Crippen molar-refractivity contribution < 1.29 is 19.1 Å². The number of rotatable bonds is 9. The van der Waals surface area contributed by atoms with Gasteiger partial charge in [-0.2, -0.15) is 11.8 Å². The second-order valence-electron chi connectivity index (χ2n) is 4.18. The number of thioether (sulfide) groups is 1. The normalized spacial score (nSPS) is 11.7. The lowest BCUT2D eigenvalue weighted by atomic mass is 10.1. The highest BCUT2D eigenvalue weighted by Crippen LogP contribution is 2.22. The number of carbonyl (C=O) groups excluding carboxylic acids is 3. The number of hydrogen-bond acceptors (Lipinski definition) is 6. The third kappa shape index (κ3) is 7.14. The number of esters is 1. The number of primary amides is 1. The van der Waals surface area contributed by atoms with Gasteiger partial charge in [-0.05, 0) is 11.4 Å². The van der Waals surface area contributed by atoms with E-state index in [-0.39, 0.29) is 36.5 Å². The lowest BCUT2D eigenvalue weighted by Crippen LogP contribution is -2.30. The maximum absolute atomic E-state index is 11.9. The van der Waals surface area contributed by atoms with Crippen molar-refractivity contribution in [3.8, 4) is 0 Å². The third-order valence-electron chi connectivity index (χ3n) is 2.54. The zero-order chi connectivity index (χ0) is 15.7. The zero-order valence-corrected chi connectivity index (χ0v) is 13.3. The predicted molar refractivity (Wildman–Crippen MR) is 83.0 cm³/mol. The van der Waals surface area contributed by atoms with Gasteiger partial charge in [-0.1, -0.05) is 6.07 Å². The summed E-state index contributed by atoms with van der Waals surface area (Å²) in [6, 6.07) is 3.34. The molecule has 1 heterocycles. The lowest BCUT2D eigenvalue weighted by molar-refractivity contribution is -0.141. The van der Waals surface area contributed by atoms with E-state index in [1.165, 1.54) is 30.2 Å². The largest absolute Gasteiger partial charge is 0.469 e. The van der Waals surface area contributed by atoms with Crippen molar-refractivity contribution in [1.29, 1.82) is 0 Å². The molecular weight excluding hydrogens is 312 g/mol. The Kier molecular flexibility index (Phi) is 7.84. The van der Waals surface area contributed by atoms with Crippen molar-refractivity contribution in [2.75, 3.05) is 18.6 Å². The average molecular weight is 330 g/mol. The van der Waals surface area contributed by atoms with E-state index >= 15 is 0 Å². The number of ether oxygens (including phenoxy) is 1. The van der Waals surface area contributed by atoms with Crippen LogP contribution in [-0.2, 0) is 19.1 Å². The molecule has 0 unspecified atom stereocenters. The molecule has 116 valence electrons. The highest BCUT2D eigenvalue weighted by molar-refractivity contribution is 7.99. The van der Waals surface area contributed by atoms with Crippen LogP contribution in [0.3, 0.4) is 0 Å². The van der Waals surface area contributed by atoms with E-state index in [1.54, 1.807) is 0 Å². The molecule has 0 radical (unpaired) electrons.